The molecule has 0 saturated carbocycles. The Labute approximate surface area is 268 Å². The molecule has 5 N–H and O–H groups in total. The largest absolute Gasteiger partial charge is 0.361 e. The fourth-order valence-corrected chi connectivity index (χ4v) is 7.16. The number of nitrogens with one attached hydrogen (secondary N) is 5. The summed E-state index contributed by atoms with van der Waals surface area (Å²) in [5.74, 6) is 0. The van der Waals surface area contributed by atoms with Gasteiger partial charge in [-0.15, -0.1) is 0 Å². The molecule has 0 radical (unpaired) electrons. The Hall–Kier alpha value is -6.53. The molecule has 10 rings (SSSR count). The minimum atomic E-state index is 0.991. The first-order valence-corrected chi connectivity index (χ1v) is 15.8. The van der Waals surface area contributed by atoms with Crippen LogP contribution in [0.2, 0.25) is 0 Å². The molecule has 5 aromatic heterocycles. The van der Waals surface area contributed by atoms with Crippen molar-refractivity contribution in [2.75, 3.05) is 0 Å². The van der Waals surface area contributed by atoms with Gasteiger partial charge in [0.1, 0.15) is 0 Å². The number of hydrogen-bond donors (Lipinski definition) is 5. The highest BCUT2D eigenvalue weighted by Gasteiger charge is 2.18. The smallest absolute Gasteiger partial charge is 0.0709 e. The minimum absolute atomic E-state index is 0.991. The van der Waals surface area contributed by atoms with Gasteiger partial charge >= 0.3 is 0 Å². The third-order valence-electron chi connectivity index (χ3n) is 9.44. The average molecular weight is 605 g/mol. The minimum Gasteiger partial charge on any atom is -0.361 e. The summed E-state index contributed by atoms with van der Waals surface area (Å²) in [6, 6.07) is 38.2. The maximum atomic E-state index is 4.72. The average Bonchev–Trinajstić information content (AvgIpc) is 3.96. The van der Waals surface area contributed by atoms with Crippen LogP contribution in [-0.4, -0.2) is 31.1 Å². The summed E-state index contributed by atoms with van der Waals surface area (Å²) in [6.07, 6.45) is 10.6. The maximum Gasteiger partial charge on any atom is 0.0709 e. The van der Waals surface area contributed by atoms with Crippen molar-refractivity contribution in [1.82, 2.24) is 24.9 Å². The Morgan fingerprint density at radius 3 is 1.77 bits per heavy atom. The second-order valence-corrected chi connectivity index (χ2v) is 12.1. The van der Waals surface area contributed by atoms with E-state index in [1.807, 2.05) is 12.3 Å². The first-order chi connectivity index (χ1) is 23.3. The van der Waals surface area contributed by atoms with Crippen molar-refractivity contribution in [3.8, 4) is 33.5 Å². The van der Waals surface area contributed by atoms with Gasteiger partial charge in [0, 0.05) is 119 Å². The third-order valence-corrected chi connectivity index (χ3v) is 9.44. The van der Waals surface area contributed by atoms with Gasteiger partial charge in [0.15, 0.2) is 0 Å². The molecule has 6 heterocycles. The van der Waals surface area contributed by atoms with Crippen molar-refractivity contribution in [2.45, 2.75) is 0 Å². The first-order valence-electron chi connectivity index (χ1n) is 15.8. The molecule has 6 nitrogen and oxygen atoms in total. The van der Waals surface area contributed by atoms with Crippen molar-refractivity contribution in [2.24, 2.45) is 4.99 Å². The van der Waals surface area contributed by atoms with E-state index in [1.54, 1.807) is 0 Å². The lowest BCUT2D eigenvalue weighted by atomic mass is 10.0. The van der Waals surface area contributed by atoms with E-state index >= 15 is 0 Å². The van der Waals surface area contributed by atoms with Gasteiger partial charge in [-0.3, -0.25) is 4.99 Å². The fraction of sp³-hybridized carbons (Fsp3) is 0. The van der Waals surface area contributed by atoms with Crippen LogP contribution >= 0.6 is 0 Å². The Bertz CT molecular complexity index is 2810. The number of aromatic nitrogens is 5. The third kappa shape index (κ3) is 4.02. The lowest BCUT2D eigenvalue weighted by molar-refractivity contribution is 1.25. The summed E-state index contributed by atoms with van der Waals surface area (Å²) in [5.41, 5.74) is 14.3. The van der Waals surface area contributed by atoms with Crippen molar-refractivity contribution < 1.29 is 0 Å². The van der Waals surface area contributed by atoms with Crippen LogP contribution < -0.4 is 10.7 Å². The second-order valence-electron chi connectivity index (χ2n) is 12.1. The molecule has 1 aliphatic rings. The first kappa shape index (κ1) is 25.8. The van der Waals surface area contributed by atoms with E-state index in [4.69, 9.17) is 4.99 Å². The summed E-state index contributed by atoms with van der Waals surface area (Å²) < 4.78 is 0. The van der Waals surface area contributed by atoms with Crippen molar-refractivity contribution >= 4 is 56.3 Å². The van der Waals surface area contributed by atoms with E-state index in [0.29, 0.717) is 0 Å². The molecule has 9 aromatic rings. The van der Waals surface area contributed by atoms with Gasteiger partial charge in [-0.2, -0.15) is 0 Å². The number of aromatic amines is 5. The van der Waals surface area contributed by atoms with Gasteiger partial charge in [0.25, 0.3) is 0 Å². The Balaban J connectivity index is 1.26. The van der Waals surface area contributed by atoms with Gasteiger partial charge in [-0.1, -0.05) is 72.8 Å². The van der Waals surface area contributed by atoms with E-state index in [2.05, 4.69) is 153 Å². The molecule has 6 heteroatoms. The SMILES string of the molecule is C1=Nc2ccccc2/C1=c1\cc(-c2c[nH]c3ccccc23)/c(=C/c2[nH]c(-c3c[nH]c4ccccc34)cc2-c2c[nH]c3ccccc23)[nH]1. The molecule has 1 aliphatic heterocycles. The highest BCUT2D eigenvalue weighted by Crippen LogP contribution is 2.37. The standard InChI is InChI=1S/C41H28N6/c1-5-13-34-24(9-1)30(20-42-34)28-17-38(32-22-44-36-15-7-3-11-26(32)36)46-40(28)19-41-29(31-21-43-35-14-6-2-10-25(31)35)18-39(47-41)33-23-45-37-16-8-4-12-27(33)37/h1-23,42-44,46-47H/b39-33+,41-19-. The van der Waals surface area contributed by atoms with Gasteiger partial charge in [-0.25, -0.2) is 0 Å². The van der Waals surface area contributed by atoms with Crippen LogP contribution in [0.5, 0.6) is 0 Å². The zero-order valence-electron chi connectivity index (χ0n) is 25.2. The number of hydrogen-bond acceptors (Lipinski definition) is 1. The van der Waals surface area contributed by atoms with Crippen molar-refractivity contribution in [3.63, 3.8) is 0 Å². The zero-order chi connectivity index (χ0) is 30.9. The van der Waals surface area contributed by atoms with E-state index in [9.17, 15) is 0 Å². The fourth-order valence-electron chi connectivity index (χ4n) is 7.16. The lowest BCUT2D eigenvalue weighted by Gasteiger charge is -2.00. The van der Waals surface area contributed by atoms with Crippen LogP contribution in [0, 0.1) is 0 Å². The second kappa shape index (κ2) is 9.99. The molecule has 0 unspecified atom stereocenters. The van der Waals surface area contributed by atoms with Crippen LogP contribution in [0.25, 0.3) is 77.9 Å². The molecule has 0 bridgehead atoms. The van der Waals surface area contributed by atoms with Gasteiger partial charge in [0.05, 0.1) is 5.69 Å². The number of para-hydroxylation sites is 4. The van der Waals surface area contributed by atoms with Crippen LogP contribution in [0.3, 0.4) is 0 Å². The topological polar surface area (TPSA) is 91.3 Å². The summed E-state index contributed by atoms with van der Waals surface area (Å²) in [7, 11) is 0. The molecule has 0 spiro atoms. The summed E-state index contributed by atoms with van der Waals surface area (Å²) in [4.78, 5) is 22.8. The molecule has 0 fully saturated rings. The Morgan fingerprint density at radius 2 is 1.06 bits per heavy atom. The van der Waals surface area contributed by atoms with E-state index in [0.717, 1.165) is 83.3 Å². The van der Waals surface area contributed by atoms with Crippen LogP contribution in [0.15, 0.2) is 133 Å². The summed E-state index contributed by atoms with van der Waals surface area (Å²) in [5, 5.41) is 5.60. The van der Waals surface area contributed by atoms with Crippen LogP contribution in [-0.2, 0) is 0 Å². The molecule has 47 heavy (non-hydrogen) atoms. The van der Waals surface area contributed by atoms with E-state index in [1.165, 1.54) is 16.2 Å². The normalized spacial score (nSPS) is 14.3. The van der Waals surface area contributed by atoms with Gasteiger partial charge in [0.2, 0.25) is 0 Å². The Kier molecular flexibility index (Phi) is 5.48. The number of benzene rings is 4. The zero-order valence-corrected chi connectivity index (χ0v) is 25.2. The number of nitrogens with zero attached hydrogens (tertiary/aromatic N) is 1. The highest BCUT2D eigenvalue weighted by molar-refractivity contribution is 6.16. The van der Waals surface area contributed by atoms with Crippen LogP contribution in [0.1, 0.15) is 11.3 Å². The van der Waals surface area contributed by atoms with Crippen molar-refractivity contribution in [3.05, 3.63) is 150 Å². The molecule has 0 amide bonds. The van der Waals surface area contributed by atoms with E-state index < -0.39 is 0 Å². The monoisotopic (exact) mass is 604 g/mol. The van der Waals surface area contributed by atoms with Gasteiger partial charge in [-0.05, 0) is 42.5 Å². The van der Waals surface area contributed by atoms with Crippen LogP contribution in [0.4, 0.5) is 5.69 Å². The van der Waals surface area contributed by atoms with E-state index in [-0.39, 0.29) is 0 Å². The molecule has 4 aromatic carbocycles. The maximum absolute atomic E-state index is 4.72. The number of H-pyrrole nitrogens is 5. The molecule has 0 aliphatic carbocycles. The molecular weight excluding hydrogens is 576 g/mol. The van der Waals surface area contributed by atoms with Gasteiger partial charge < -0.3 is 24.9 Å². The number of rotatable bonds is 4. The molecule has 222 valence electrons. The predicted octanol–water partition coefficient (Wildman–Crippen LogP) is 8.53. The quantitative estimate of drug-likeness (QED) is 0.133. The highest BCUT2D eigenvalue weighted by atomic mass is 14.8. The predicted molar refractivity (Wildman–Crippen MR) is 193 cm³/mol. The molecular formula is C41H28N6. The molecule has 0 atom stereocenters. The summed E-state index contributed by atoms with van der Waals surface area (Å²) >= 11 is 0. The number of fused-ring (bicyclic) bond motifs is 4. The Morgan fingerprint density at radius 1 is 0.489 bits per heavy atom. The number of aliphatic imine (C=N–C) groups is 1. The summed E-state index contributed by atoms with van der Waals surface area (Å²) in [6.45, 7) is 0. The lowest BCUT2D eigenvalue weighted by Crippen LogP contribution is -2.14. The van der Waals surface area contributed by atoms with Crippen molar-refractivity contribution in [1.29, 1.82) is 0 Å². The molecule has 0 saturated heterocycles.